The number of amides is 1. The lowest BCUT2D eigenvalue weighted by atomic mass is 9.88. The molecule has 2 heterocycles. The van der Waals surface area contributed by atoms with Gasteiger partial charge in [0.15, 0.2) is 0 Å². The van der Waals surface area contributed by atoms with Crippen LogP contribution < -0.4 is 16.4 Å². The maximum atomic E-state index is 11.5. The van der Waals surface area contributed by atoms with E-state index in [1.54, 1.807) is 18.2 Å². The summed E-state index contributed by atoms with van der Waals surface area (Å²) in [7, 11) is 0. The van der Waals surface area contributed by atoms with Crippen molar-refractivity contribution in [3.63, 3.8) is 0 Å². The predicted octanol–water partition coefficient (Wildman–Crippen LogP) is 2.76. The average Bonchev–Trinajstić information content (AvgIpc) is 2.61. The molecule has 3 rings (SSSR count). The van der Waals surface area contributed by atoms with Crippen molar-refractivity contribution < 1.29 is 9.90 Å². The van der Waals surface area contributed by atoms with E-state index in [0.29, 0.717) is 22.5 Å². The molecule has 0 radical (unpaired) electrons. The molecule has 1 aliphatic rings. The van der Waals surface area contributed by atoms with E-state index in [9.17, 15) is 15.2 Å². The highest BCUT2D eigenvalue weighted by atomic mass is 35.5. The molecular formula is C19H22ClN5O2. The van der Waals surface area contributed by atoms with Gasteiger partial charge in [0.1, 0.15) is 17.6 Å². The molecule has 1 atom stereocenters. The number of aromatic hydroxyl groups is 1. The summed E-state index contributed by atoms with van der Waals surface area (Å²) in [4.78, 5) is 15.8. The van der Waals surface area contributed by atoms with Crippen LogP contribution in [-0.4, -0.2) is 29.1 Å². The second-order valence-corrected chi connectivity index (χ2v) is 6.39. The number of halogens is 1. The normalized spacial score (nSPS) is 16.1. The predicted molar refractivity (Wildman–Crippen MR) is 107 cm³/mol. The van der Waals surface area contributed by atoms with Gasteiger partial charge in [-0.1, -0.05) is 6.07 Å². The molecule has 0 bridgehead atoms. The molecule has 5 N–H and O–H groups in total. The van der Waals surface area contributed by atoms with Gasteiger partial charge in [0.05, 0.1) is 22.5 Å². The fraction of sp³-hybridized carbons (Fsp3) is 0.316. The Kier molecular flexibility index (Phi) is 6.61. The number of piperidine rings is 1. The van der Waals surface area contributed by atoms with E-state index in [-0.39, 0.29) is 35.8 Å². The molecule has 1 fully saturated rings. The first-order valence-electron chi connectivity index (χ1n) is 8.52. The summed E-state index contributed by atoms with van der Waals surface area (Å²) in [5, 5.41) is 25.9. The lowest BCUT2D eigenvalue weighted by molar-refractivity contribution is -0.114. The van der Waals surface area contributed by atoms with Gasteiger partial charge in [-0.15, -0.1) is 12.4 Å². The fourth-order valence-corrected chi connectivity index (χ4v) is 3.38. The second-order valence-electron chi connectivity index (χ2n) is 6.39. The van der Waals surface area contributed by atoms with Gasteiger partial charge in [0.2, 0.25) is 5.91 Å². The number of nitrogens with zero attached hydrogens (tertiary/aromatic N) is 2. The zero-order valence-corrected chi connectivity index (χ0v) is 15.8. The Morgan fingerprint density at radius 1 is 1.48 bits per heavy atom. The number of aromatic nitrogens is 1. The van der Waals surface area contributed by atoms with E-state index < -0.39 is 0 Å². The summed E-state index contributed by atoms with van der Waals surface area (Å²) >= 11 is 0. The molecule has 8 heteroatoms. The van der Waals surface area contributed by atoms with Crippen LogP contribution in [-0.2, 0) is 4.79 Å². The molecule has 27 heavy (non-hydrogen) atoms. The van der Waals surface area contributed by atoms with E-state index in [2.05, 4.69) is 21.7 Å². The van der Waals surface area contributed by atoms with E-state index >= 15 is 0 Å². The summed E-state index contributed by atoms with van der Waals surface area (Å²) in [6.45, 7) is 3.11. The van der Waals surface area contributed by atoms with Crippen LogP contribution >= 0.6 is 12.4 Å². The van der Waals surface area contributed by atoms with Crippen molar-refractivity contribution in [3.05, 3.63) is 35.4 Å². The number of phenols is 1. The Hall–Kier alpha value is -2.82. The Morgan fingerprint density at radius 3 is 2.89 bits per heavy atom. The largest absolute Gasteiger partial charge is 0.507 e. The van der Waals surface area contributed by atoms with Gasteiger partial charge in [-0.25, -0.2) is 4.98 Å². The van der Waals surface area contributed by atoms with E-state index in [1.807, 2.05) is 0 Å². The van der Waals surface area contributed by atoms with Gasteiger partial charge in [0.25, 0.3) is 0 Å². The summed E-state index contributed by atoms with van der Waals surface area (Å²) < 4.78 is 0. The van der Waals surface area contributed by atoms with Crippen molar-refractivity contribution in [1.29, 1.82) is 5.26 Å². The summed E-state index contributed by atoms with van der Waals surface area (Å²) in [5.41, 5.74) is 8.52. The molecule has 0 aliphatic carbocycles. The molecule has 1 aromatic carbocycles. The second kappa shape index (κ2) is 8.71. The van der Waals surface area contributed by atoms with Gasteiger partial charge in [-0.2, -0.15) is 5.26 Å². The third-order valence-electron chi connectivity index (χ3n) is 4.54. The van der Waals surface area contributed by atoms with E-state index in [1.165, 1.54) is 13.0 Å². The molecule has 0 saturated carbocycles. The van der Waals surface area contributed by atoms with Crippen molar-refractivity contribution in [2.75, 3.05) is 24.1 Å². The van der Waals surface area contributed by atoms with Gasteiger partial charge in [-0.3, -0.25) is 4.79 Å². The van der Waals surface area contributed by atoms with Crippen LogP contribution in [0, 0.1) is 11.3 Å². The van der Waals surface area contributed by atoms with Crippen LogP contribution in [0.4, 0.5) is 11.5 Å². The van der Waals surface area contributed by atoms with Crippen molar-refractivity contribution in [1.82, 2.24) is 10.3 Å². The van der Waals surface area contributed by atoms with Crippen LogP contribution in [0.15, 0.2) is 24.3 Å². The first kappa shape index (κ1) is 20.5. The number of hydrogen-bond donors (Lipinski definition) is 4. The van der Waals surface area contributed by atoms with Crippen molar-refractivity contribution in [3.8, 4) is 23.1 Å². The number of carbonyl (C=O) groups is 1. The Morgan fingerprint density at radius 2 is 2.26 bits per heavy atom. The van der Waals surface area contributed by atoms with Crippen LogP contribution in [0.25, 0.3) is 11.3 Å². The number of anilines is 2. The molecule has 1 unspecified atom stereocenters. The standard InChI is InChI=1S/C19H21N5O2.ClH/c1-11(25)23-15-5-2-6-17(26)18(15)16-8-13(12-4-3-7-22-10-12)14(9-20)19(21)24-16;/h2,5-6,8,12,22,26H,3-4,7,10H2,1H3,(H2,21,24)(H,23,25);1H. The van der Waals surface area contributed by atoms with Gasteiger partial charge in [0, 0.05) is 13.5 Å². The minimum atomic E-state index is -0.254. The van der Waals surface area contributed by atoms with Crippen LogP contribution in [0.5, 0.6) is 5.75 Å². The lowest BCUT2D eigenvalue weighted by Crippen LogP contribution is -2.29. The zero-order valence-electron chi connectivity index (χ0n) is 15.0. The minimum Gasteiger partial charge on any atom is -0.507 e. The zero-order chi connectivity index (χ0) is 18.7. The summed E-state index contributed by atoms with van der Waals surface area (Å²) in [6.07, 6.45) is 1.96. The van der Waals surface area contributed by atoms with Crippen LogP contribution in [0.3, 0.4) is 0 Å². The van der Waals surface area contributed by atoms with Crippen LogP contribution in [0.2, 0.25) is 0 Å². The number of phenolic OH excluding ortho intramolecular Hbond substituents is 1. The number of hydrogen-bond acceptors (Lipinski definition) is 6. The lowest BCUT2D eigenvalue weighted by Gasteiger charge is -2.25. The quantitative estimate of drug-likeness (QED) is 0.641. The number of nitrogens with two attached hydrogens (primary N) is 1. The monoisotopic (exact) mass is 387 g/mol. The Balaban J connectivity index is 0.00000261. The highest BCUT2D eigenvalue weighted by molar-refractivity contribution is 5.95. The highest BCUT2D eigenvalue weighted by Gasteiger charge is 2.23. The Bertz CT molecular complexity index is 888. The van der Waals surface area contributed by atoms with Crippen molar-refractivity contribution in [2.24, 2.45) is 0 Å². The number of nitriles is 1. The average molecular weight is 388 g/mol. The number of pyridine rings is 1. The molecule has 142 valence electrons. The fourth-order valence-electron chi connectivity index (χ4n) is 3.38. The molecule has 1 aliphatic heterocycles. The van der Waals surface area contributed by atoms with Gasteiger partial charge in [-0.05, 0) is 49.1 Å². The molecule has 1 amide bonds. The van der Waals surface area contributed by atoms with Gasteiger partial charge >= 0.3 is 0 Å². The van der Waals surface area contributed by atoms with Crippen LogP contribution in [0.1, 0.15) is 36.8 Å². The Labute approximate surface area is 164 Å². The number of nitrogen functional groups attached to an aromatic ring is 1. The molecule has 1 aromatic heterocycles. The first-order valence-corrected chi connectivity index (χ1v) is 8.52. The topological polar surface area (TPSA) is 124 Å². The molecular weight excluding hydrogens is 366 g/mol. The van der Waals surface area contributed by atoms with E-state index in [4.69, 9.17) is 5.73 Å². The highest BCUT2D eigenvalue weighted by Crippen LogP contribution is 2.38. The smallest absolute Gasteiger partial charge is 0.221 e. The molecule has 1 saturated heterocycles. The molecule has 2 aromatic rings. The molecule has 0 spiro atoms. The maximum absolute atomic E-state index is 11.5. The van der Waals surface area contributed by atoms with Gasteiger partial charge < -0.3 is 21.5 Å². The SMILES string of the molecule is CC(=O)Nc1cccc(O)c1-c1cc(C2CCCNC2)c(C#N)c(N)n1.Cl. The number of rotatable bonds is 3. The molecule has 7 nitrogen and oxygen atoms in total. The minimum absolute atomic E-state index is 0. The number of benzene rings is 1. The number of carbonyl (C=O) groups excluding carboxylic acids is 1. The van der Waals surface area contributed by atoms with Crippen molar-refractivity contribution in [2.45, 2.75) is 25.7 Å². The summed E-state index contributed by atoms with van der Waals surface area (Å²) in [6, 6.07) is 8.81. The summed E-state index contributed by atoms with van der Waals surface area (Å²) in [5.74, 6) is 0.0101. The van der Waals surface area contributed by atoms with Crippen molar-refractivity contribution >= 4 is 29.8 Å². The third-order valence-corrected chi connectivity index (χ3v) is 4.54. The first-order chi connectivity index (χ1) is 12.5. The van der Waals surface area contributed by atoms with E-state index in [0.717, 1.165) is 31.5 Å². The maximum Gasteiger partial charge on any atom is 0.221 e. The third kappa shape index (κ3) is 4.30. The number of nitrogens with one attached hydrogen (secondary N) is 2.